The molecule has 0 spiro atoms. The Hall–Kier alpha value is -0.130. The van der Waals surface area contributed by atoms with Crippen LogP contribution in [0, 0.1) is 0 Å². The van der Waals surface area contributed by atoms with Crippen molar-refractivity contribution in [2.75, 3.05) is 18.6 Å². The van der Waals surface area contributed by atoms with Gasteiger partial charge in [-0.2, -0.15) is 0 Å². The maximum Gasteiger partial charge on any atom is 0.147 e. The summed E-state index contributed by atoms with van der Waals surface area (Å²) in [4.78, 5) is 0. The van der Waals surface area contributed by atoms with Crippen molar-refractivity contribution in [2.24, 2.45) is 5.73 Å². The summed E-state index contributed by atoms with van der Waals surface area (Å²) in [5.74, 6) is 0.215. The molecule has 4 nitrogen and oxygen atoms in total. The highest BCUT2D eigenvalue weighted by Gasteiger charge is 2.19. The molecule has 0 aromatic carbocycles. The van der Waals surface area contributed by atoms with Gasteiger partial charge in [-0.25, -0.2) is 8.42 Å². The molecule has 1 aliphatic heterocycles. The summed E-state index contributed by atoms with van der Waals surface area (Å²) < 4.78 is 27.1. The SMILES string of the molecule is CS(=O)(=O)CC[C@@H]1CC[C@@H](N)CO1. The molecule has 13 heavy (non-hydrogen) atoms. The van der Waals surface area contributed by atoms with Crippen LogP contribution in [0.15, 0.2) is 0 Å². The van der Waals surface area contributed by atoms with E-state index in [2.05, 4.69) is 0 Å². The van der Waals surface area contributed by atoms with E-state index < -0.39 is 9.84 Å². The van der Waals surface area contributed by atoms with Crippen molar-refractivity contribution in [3.63, 3.8) is 0 Å². The minimum absolute atomic E-state index is 0.0922. The predicted octanol–water partition coefficient (Wildman–Crippen LogP) is -0.0726. The monoisotopic (exact) mass is 207 g/mol. The van der Waals surface area contributed by atoms with Gasteiger partial charge in [0.25, 0.3) is 0 Å². The van der Waals surface area contributed by atoms with Gasteiger partial charge in [-0.3, -0.25) is 0 Å². The molecular formula is C8H17NO3S. The summed E-state index contributed by atoms with van der Waals surface area (Å²) in [5, 5.41) is 0. The molecule has 0 saturated carbocycles. The molecule has 1 fully saturated rings. The Morgan fingerprint density at radius 3 is 2.62 bits per heavy atom. The Labute approximate surface area is 79.4 Å². The second-order valence-electron chi connectivity index (χ2n) is 3.71. The molecule has 5 heteroatoms. The van der Waals surface area contributed by atoms with Gasteiger partial charge in [-0.15, -0.1) is 0 Å². The fraction of sp³-hybridized carbons (Fsp3) is 1.00. The maximum absolute atomic E-state index is 10.9. The molecule has 0 radical (unpaired) electrons. The predicted molar refractivity (Wildman–Crippen MR) is 51.3 cm³/mol. The van der Waals surface area contributed by atoms with Crippen LogP contribution >= 0.6 is 0 Å². The molecule has 1 rings (SSSR count). The molecule has 0 aliphatic carbocycles. The minimum atomic E-state index is -2.85. The van der Waals surface area contributed by atoms with E-state index in [0.29, 0.717) is 13.0 Å². The molecule has 78 valence electrons. The third-order valence-electron chi connectivity index (χ3n) is 2.22. The molecule has 0 bridgehead atoms. The zero-order valence-electron chi connectivity index (χ0n) is 7.90. The molecule has 1 saturated heterocycles. The van der Waals surface area contributed by atoms with E-state index in [1.807, 2.05) is 0 Å². The van der Waals surface area contributed by atoms with Crippen LogP contribution in [0.25, 0.3) is 0 Å². The Bertz CT molecular complexity index is 242. The number of hydrogen-bond acceptors (Lipinski definition) is 4. The Morgan fingerprint density at radius 1 is 1.46 bits per heavy atom. The van der Waals surface area contributed by atoms with Crippen molar-refractivity contribution in [2.45, 2.75) is 31.4 Å². The van der Waals surface area contributed by atoms with Gasteiger partial charge in [-0.05, 0) is 19.3 Å². The van der Waals surface area contributed by atoms with Gasteiger partial charge in [0.15, 0.2) is 0 Å². The van der Waals surface area contributed by atoms with Gasteiger partial charge in [0.1, 0.15) is 9.84 Å². The van der Waals surface area contributed by atoms with E-state index in [4.69, 9.17) is 10.5 Å². The number of ether oxygens (including phenoxy) is 1. The summed E-state index contributed by atoms with van der Waals surface area (Å²) in [6, 6.07) is 0.134. The quantitative estimate of drug-likeness (QED) is 0.703. The van der Waals surface area contributed by atoms with E-state index in [9.17, 15) is 8.42 Å². The highest BCUT2D eigenvalue weighted by molar-refractivity contribution is 7.90. The smallest absolute Gasteiger partial charge is 0.147 e. The second-order valence-corrected chi connectivity index (χ2v) is 5.97. The average molecular weight is 207 g/mol. The minimum Gasteiger partial charge on any atom is -0.377 e. The van der Waals surface area contributed by atoms with Crippen LogP contribution in [-0.4, -0.2) is 39.2 Å². The third-order valence-corrected chi connectivity index (χ3v) is 3.19. The number of rotatable bonds is 3. The van der Waals surface area contributed by atoms with Gasteiger partial charge in [0.2, 0.25) is 0 Å². The number of sulfone groups is 1. The second kappa shape index (κ2) is 4.39. The number of nitrogens with two attached hydrogens (primary N) is 1. The Morgan fingerprint density at radius 2 is 2.15 bits per heavy atom. The zero-order valence-corrected chi connectivity index (χ0v) is 8.72. The summed E-state index contributed by atoms with van der Waals surface area (Å²) in [5.41, 5.74) is 5.64. The van der Waals surface area contributed by atoms with Gasteiger partial charge in [0.05, 0.1) is 18.5 Å². The molecule has 0 aromatic rings. The lowest BCUT2D eigenvalue weighted by atomic mass is 10.0. The standard InChI is InChI=1S/C8H17NO3S/c1-13(10,11)5-4-8-3-2-7(9)6-12-8/h7-8H,2-6,9H2,1H3/t7-,8+/m1/s1. The zero-order chi connectivity index (χ0) is 9.90. The summed E-state index contributed by atoms with van der Waals surface area (Å²) >= 11 is 0. The summed E-state index contributed by atoms with van der Waals surface area (Å²) in [6.45, 7) is 0.564. The van der Waals surface area contributed by atoms with Crippen molar-refractivity contribution < 1.29 is 13.2 Å². The topological polar surface area (TPSA) is 69.4 Å². The van der Waals surface area contributed by atoms with Gasteiger partial charge >= 0.3 is 0 Å². The molecule has 0 unspecified atom stereocenters. The Balaban J connectivity index is 2.24. The van der Waals surface area contributed by atoms with Crippen LogP contribution in [0.2, 0.25) is 0 Å². The fourth-order valence-corrected chi connectivity index (χ4v) is 2.09. The van der Waals surface area contributed by atoms with Crippen LogP contribution in [0.5, 0.6) is 0 Å². The van der Waals surface area contributed by atoms with E-state index >= 15 is 0 Å². The number of hydrogen-bond donors (Lipinski definition) is 1. The van der Waals surface area contributed by atoms with Crippen LogP contribution in [-0.2, 0) is 14.6 Å². The van der Waals surface area contributed by atoms with Crippen molar-refractivity contribution >= 4 is 9.84 Å². The summed E-state index contributed by atoms with van der Waals surface area (Å²) in [7, 11) is -2.85. The van der Waals surface area contributed by atoms with Crippen LogP contribution in [0.1, 0.15) is 19.3 Å². The van der Waals surface area contributed by atoms with Crippen molar-refractivity contribution in [3.8, 4) is 0 Å². The van der Waals surface area contributed by atoms with Crippen molar-refractivity contribution in [3.05, 3.63) is 0 Å². The first-order valence-electron chi connectivity index (χ1n) is 4.52. The molecule has 1 aliphatic rings. The average Bonchev–Trinajstić information content (AvgIpc) is 2.02. The van der Waals surface area contributed by atoms with Crippen molar-refractivity contribution in [1.82, 2.24) is 0 Å². The summed E-state index contributed by atoms with van der Waals surface area (Å²) in [6.07, 6.45) is 3.77. The molecule has 0 amide bonds. The molecular weight excluding hydrogens is 190 g/mol. The van der Waals surface area contributed by atoms with Crippen LogP contribution in [0.3, 0.4) is 0 Å². The maximum atomic E-state index is 10.9. The van der Waals surface area contributed by atoms with E-state index in [1.54, 1.807) is 0 Å². The highest BCUT2D eigenvalue weighted by Crippen LogP contribution is 2.15. The van der Waals surface area contributed by atoms with Crippen molar-refractivity contribution in [1.29, 1.82) is 0 Å². The molecule has 1 heterocycles. The lowest BCUT2D eigenvalue weighted by Crippen LogP contribution is -2.36. The fourth-order valence-electron chi connectivity index (χ4n) is 1.40. The van der Waals surface area contributed by atoms with Gasteiger partial charge < -0.3 is 10.5 Å². The first kappa shape index (κ1) is 10.9. The molecule has 2 atom stereocenters. The molecule has 2 N–H and O–H groups in total. The van der Waals surface area contributed by atoms with Crippen LogP contribution < -0.4 is 5.73 Å². The first-order chi connectivity index (χ1) is 5.97. The lowest BCUT2D eigenvalue weighted by Gasteiger charge is -2.26. The van der Waals surface area contributed by atoms with E-state index in [-0.39, 0.29) is 17.9 Å². The Kier molecular flexibility index (Phi) is 3.70. The highest BCUT2D eigenvalue weighted by atomic mass is 32.2. The van der Waals surface area contributed by atoms with Gasteiger partial charge in [-0.1, -0.05) is 0 Å². The first-order valence-corrected chi connectivity index (χ1v) is 6.58. The van der Waals surface area contributed by atoms with E-state index in [0.717, 1.165) is 12.8 Å². The van der Waals surface area contributed by atoms with Crippen LogP contribution in [0.4, 0.5) is 0 Å². The lowest BCUT2D eigenvalue weighted by molar-refractivity contribution is 0.00418. The third kappa shape index (κ3) is 4.59. The van der Waals surface area contributed by atoms with Gasteiger partial charge in [0, 0.05) is 12.3 Å². The molecule has 0 aromatic heterocycles. The van der Waals surface area contributed by atoms with E-state index in [1.165, 1.54) is 6.26 Å². The largest absolute Gasteiger partial charge is 0.377 e. The normalized spacial score (nSPS) is 30.3.